The molecule has 0 aliphatic heterocycles. The second kappa shape index (κ2) is 4.49. The predicted octanol–water partition coefficient (Wildman–Crippen LogP) is -1.38. The van der Waals surface area contributed by atoms with E-state index in [4.69, 9.17) is 10.2 Å². The minimum Gasteiger partial charge on any atom is -0.395 e. The summed E-state index contributed by atoms with van der Waals surface area (Å²) in [6.45, 7) is 0.134. The van der Waals surface area contributed by atoms with Crippen LogP contribution in [-0.4, -0.2) is 35.8 Å². The van der Waals surface area contributed by atoms with Gasteiger partial charge in [0.15, 0.2) is 7.12 Å². The molecule has 2 N–H and O–H groups in total. The quantitative estimate of drug-likeness (QED) is 0.451. The van der Waals surface area contributed by atoms with Gasteiger partial charge in [-0.3, -0.25) is 0 Å². The van der Waals surface area contributed by atoms with Gasteiger partial charge in [-0.2, -0.15) is 0 Å². The summed E-state index contributed by atoms with van der Waals surface area (Å²) >= 11 is 1.47. The first kappa shape index (κ1) is 7.33. The molecule has 0 saturated heterocycles. The molecule has 0 amide bonds. The van der Waals surface area contributed by atoms with Crippen molar-refractivity contribution in [3.8, 4) is 0 Å². The van der Waals surface area contributed by atoms with Crippen molar-refractivity contribution in [2.45, 2.75) is 5.25 Å². The van der Waals surface area contributed by atoms with Crippen molar-refractivity contribution in [2.24, 2.45) is 0 Å². The lowest BCUT2D eigenvalue weighted by Crippen LogP contribution is -2.12. The SMILES string of the molecule is BSC(CO)CO. The van der Waals surface area contributed by atoms with E-state index in [-0.39, 0.29) is 18.5 Å². The highest BCUT2D eigenvalue weighted by atomic mass is 32.2. The van der Waals surface area contributed by atoms with E-state index in [9.17, 15) is 0 Å². The Morgan fingerprint density at radius 3 is 1.86 bits per heavy atom. The zero-order valence-electron chi connectivity index (χ0n) is 4.29. The first-order valence-electron chi connectivity index (χ1n) is 2.09. The average Bonchev–Trinajstić information content (AvgIpc) is 1.72. The van der Waals surface area contributed by atoms with Crippen LogP contribution in [0.5, 0.6) is 0 Å². The minimum absolute atomic E-state index is 0.0139. The maximum atomic E-state index is 8.35. The van der Waals surface area contributed by atoms with Crippen molar-refractivity contribution in [2.75, 3.05) is 13.2 Å². The van der Waals surface area contributed by atoms with Gasteiger partial charge >= 0.3 is 0 Å². The van der Waals surface area contributed by atoms with Crippen LogP contribution in [0.15, 0.2) is 0 Å². The molecule has 0 spiro atoms. The third-order valence-electron chi connectivity index (χ3n) is 0.741. The summed E-state index contributed by atoms with van der Waals surface area (Å²) in [6.07, 6.45) is 0. The van der Waals surface area contributed by atoms with Crippen LogP contribution in [0.25, 0.3) is 0 Å². The van der Waals surface area contributed by atoms with E-state index in [1.165, 1.54) is 11.6 Å². The first-order chi connectivity index (χ1) is 3.35. The summed E-state index contributed by atoms with van der Waals surface area (Å²) in [7, 11) is 1.86. The average molecular weight is 120 g/mol. The molecule has 0 aliphatic rings. The molecule has 7 heavy (non-hydrogen) atoms. The molecule has 0 bridgehead atoms. The number of hydrogen-bond acceptors (Lipinski definition) is 3. The van der Waals surface area contributed by atoms with Gasteiger partial charge in [-0.05, 0) is 0 Å². The Kier molecular flexibility index (Phi) is 4.71. The molecule has 0 heterocycles. The third-order valence-corrected chi connectivity index (χ3v) is 1.71. The van der Waals surface area contributed by atoms with Gasteiger partial charge < -0.3 is 10.2 Å². The maximum absolute atomic E-state index is 8.35. The van der Waals surface area contributed by atoms with Gasteiger partial charge in [0.1, 0.15) is 0 Å². The minimum atomic E-state index is 0.0139. The molecule has 0 aromatic rings. The fourth-order valence-electron chi connectivity index (χ4n) is 0.207. The lowest BCUT2D eigenvalue weighted by molar-refractivity contribution is 0.229. The predicted molar refractivity (Wildman–Crippen MR) is 34.1 cm³/mol. The van der Waals surface area contributed by atoms with E-state index in [1.54, 1.807) is 0 Å². The monoisotopic (exact) mass is 120 g/mol. The largest absolute Gasteiger partial charge is 0.395 e. The fraction of sp³-hybridized carbons (Fsp3) is 1.00. The lowest BCUT2D eigenvalue weighted by Gasteiger charge is -2.04. The number of rotatable bonds is 3. The van der Waals surface area contributed by atoms with Crippen LogP contribution in [0.1, 0.15) is 0 Å². The molecular weight excluding hydrogens is 111 g/mol. The standard InChI is InChI=1S/C3H9BO2S/c4-7-3(1-5)2-6/h3,5-6H,1-2,4H2. The van der Waals surface area contributed by atoms with E-state index < -0.39 is 0 Å². The zero-order chi connectivity index (χ0) is 5.70. The molecule has 0 fully saturated rings. The fourth-order valence-corrected chi connectivity index (χ4v) is 0.505. The normalized spacial score (nSPS) is 10.1. The molecule has 0 atom stereocenters. The Bertz CT molecular complexity index is 34.4. The molecule has 4 heteroatoms. The van der Waals surface area contributed by atoms with Crippen LogP contribution < -0.4 is 0 Å². The summed E-state index contributed by atoms with van der Waals surface area (Å²) in [5, 5.41) is 16.7. The summed E-state index contributed by atoms with van der Waals surface area (Å²) < 4.78 is 0. The second-order valence-corrected chi connectivity index (χ2v) is 2.36. The molecule has 2 nitrogen and oxygen atoms in total. The highest BCUT2D eigenvalue weighted by Gasteiger charge is 1.98. The highest BCUT2D eigenvalue weighted by molar-refractivity contribution is 8.20. The molecule has 42 valence electrons. The molecule has 0 aromatic carbocycles. The van der Waals surface area contributed by atoms with Crippen LogP contribution in [0.4, 0.5) is 0 Å². The topological polar surface area (TPSA) is 40.5 Å². The van der Waals surface area contributed by atoms with Crippen LogP contribution >= 0.6 is 11.6 Å². The van der Waals surface area contributed by atoms with Gasteiger partial charge in [-0.1, -0.05) is 0 Å². The van der Waals surface area contributed by atoms with Crippen LogP contribution in [0, 0.1) is 0 Å². The smallest absolute Gasteiger partial charge is 0.174 e. The number of aliphatic hydroxyl groups excluding tert-OH is 2. The number of aliphatic hydroxyl groups is 2. The summed E-state index contributed by atoms with van der Waals surface area (Å²) in [4.78, 5) is 0. The van der Waals surface area contributed by atoms with Gasteiger partial charge in [-0.15, -0.1) is 0 Å². The van der Waals surface area contributed by atoms with Crippen LogP contribution in [0.2, 0.25) is 0 Å². The van der Waals surface area contributed by atoms with Crippen molar-refractivity contribution >= 4 is 18.7 Å². The van der Waals surface area contributed by atoms with E-state index in [2.05, 4.69) is 0 Å². The van der Waals surface area contributed by atoms with Crippen molar-refractivity contribution in [3.63, 3.8) is 0 Å². The van der Waals surface area contributed by atoms with Gasteiger partial charge in [0.2, 0.25) is 0 Å². The van der Waals surface area contributed by atoms with Gasteiger partial charge in [-0.25, -0.2) is 11.6 Å². The highest BCUT2D eigenvalue weighted by Crippen LogP contribution is 2.00. The van der Waals surface area contributed by atoms with Crippen LogP contribution in [0.3, 0.4) is 0 Å². The second-order valence-electron chi connectivity index (χ2n) is 1.22. The molecular formula is C3H9BO2S. The van der Waals surface area contributed by atoms with Crippen LogP contribution in [-0.2, 0) is 0 Å². The maximum Gasteiger partial charge on any atom is 0.174 e. The first-order valence-corrected chi connectivity index (χ1v) is 3.38. The van der Waals surface area contributed by atoms with E-state index in [0.717, 1.165) is 0 Å². The van der Waals surface area contributed by atoms with Crippen molar-refractivity contribution < 1.29 is 10.2 Å². The summed E-state index contributed by atoms with van der Waals surface area (Å²) in [5.74, 6) is 0. The summed E-state index contributed by atoms with van der Waals surface area (Å²) in [6, 6.07) is 0. The van der Waals surface area contributed by atoms with Crippen molar-refractivity contribution in [1.82, 2.24) is 0 Å². The molecule has 0 radical (unpaired) electrons. The Hall–Kier alpha value is 0.335. The van der Waals surface area contributed by atoms with E-state index in [1.807, 2.05) is 7.12 Å². The Morgan fingerprint density at radius 2 is 1.86 bits per heavy atom. The summed E-state index contributed by atoms with van der Waals surface area (Å²) in [5.41, 5.74) is 0. The van der Waals surface area contributed by atoms with Gasteiger partial charge in [0, 0.05) is 5.25 Å². The van der Waals surface area contributed by atoms with Gasteiger partial charge in [0.25, 0.3) is 0 Å². The molecule has 0 aliphatic carbocycles. The van der Waals surface area contributed by atoms with E-state index in [0.29, 0.717) is 0 Å². The zero-order valence-corrected chi connectivity index (χ0v) is 5.11. The molecule has 0 saturated carbocycles. The molecule has 0 rings (SSSR count). The Morgan fingerprint density at radius 1 is 1.43 bits per heavy atom. The van der Waals surface area contributed by atoms with Crippen molar-refractivity contribution in [1.29, 1.82) is 0 Å². The molecule has 0 aromatic heterocycles. The lowest BCUT2D eigenvalue weighted by atomic mass is 10.5. The Labute approximate surface area is 48.2 Å². The molecule has 0 unspecified atom stereocenters. The Balaban J connectivity index is 2.99. The van der Waals surface area contributed by atoms with Gasteiger partial charge in [0.05, 0.1) is 13.2 Å². The van der Waals surface area contributed by atoms with Crippen molar-refractivity contribution in [3.05, 3.63) is 0 Å². The third kappa shape index (κ3) is 2.97. The van der Waals surface area contributed by atoms with E-state index >= 15 is 0 Å². The number of hydrogen-bond donors (Lipinski definition) is 2.